The second-order valence-electron chi connectivity index (χ2n) is 5.86. The van der Waals surface area contributed by atoms with E-state index in [1.165, 1.54) is 24.3 Å². The lowest BCUT2D eigenvalue weighted by molar-refractivity contribution is 0.0604. The number of benzene rings is 2. The minimum absolute atomic E-state index is 0.0539. The van der Waals surface area contributed by atoms with Crippen LogP contribution in [0.3, 0.4) is 0 Å². The van der Waals surface area contributed by atoms with Gasteiger partial charge in [-0.2, -0.15) is 0 Å². The molecule has 0 saturated heterocycles. The van der Waals surface area contributed by atoms with E-state index in [0.29, 0.717) is 37.3 Å². The summed E-state index contributed by atoms with van der Waals surface area (Å²) in [5, 5.41) is 11.7. The van der Waals surface area contributed by atoms with Crippen molar-refractivity contribution in [1.82, 2.24) is 5.32 Å². The topological polar surface area (TPSA) is 84.9 Å². The first-order chi connectivity index (χ1) is 13.0. The molecule has 0 bridgehead atoms. The van der Waals surface area contributed by atoms with E-state index < -0.39 is 11.8 Å². The van der Waals surface area contributed by atoms with Gasteiger partial charge in [0.2, 0.25) is 0 Å². The van der Waals surface area contributed by atoms with Gasteiger partial charge in [-0.1, -0.05) is 12.1 Å². The third kappa shape index (κ3) is 6.47. The number of halogens is 1. The number of rotatable bonds is 10. The Morgan fingerprint density at radius 3 is 2.67 bits per heavy atom. The Morgan fingerprint density at radius 1 is 1.11 bits per heavy atom. The smallest absolute Gasteiger partial charge is 0.335 e. The van der Waals surface area contributed by atoms with Crippen molar-refractivity contribution >= 4 is 11.9 Å². The molecule has 0 spiro atoms. The molecular formula is C20H22FNO5. The highest BCUT2D eigenvalue weighted by atomic mass is 19.1. The van der Waals surface area contributed by atoms with Crippen molar-refractivity contribution in [3.05, 3.63) is 70.5 Å². The van der Waals surface area contributed by atoms with Crippen LogP contribution in [0, 0.1) is 5.82 Å². The van der Waals surface area contributed by atoms with Crippen molar-refractivity contribution in [3.63, 3.8) is 0 Å². The molecule has 0 aliphatic rings. The molecule has 7 heteroatoms. The van der Waals surface area contributed by atoms with Crippen molar-refractivity contribution in [2.75, 3.05) is 26.9 Å². The number of carboxylic acids is 1. The summed E-state index contributed by atoms with van der Waals surface area (Å²) >= 11 is 0. The molecule has 0 saturated carbocycles. The van der Waals surface area contributed by atoms with Crippen LogP contribution in [-0.4, -0.2) is 43.9 Å². The van der Waals surface area contributed by atoms with Crippen molar-refractivity contribution in [1.29, 1.82) is 0 Å². The Balaban J connectivity index is 1.90. The van der Waals surface area contributed by atoms with Gasteiger partial charge in [-0.25, -0.2) is 9.18 Å². The maximum absolute atomic E-state index is 13.8. The molecule has 6 nitrogen and oxygen atoms in total. The number of ether oxygens (including phenoxy) is 2. The third-order valence-electron chi connectivity index (χ3n) is 3.87. The molecule has 0 aliphatic heterocycles. The van der Waals surface area contributed by atoms with E-state index in [-0.39, 0.29) is 18.1 Å². The van der Waals surface area contributed by atoms with E-state index in [4.69, 9.17) is 14.6 Å². The molecule has 0 aromatic heterocycles. The average molecular weight is 375 g/mol. The Morgan fingerprint density at radius 2 is 1.93 bits per heavy atom. The molecule has 1 amide bonds. The lowest BCUT2D eigenvalue weighted by Gasteiger charge is -2.09. The average Bonchev–Trinajstić information content (AvgIpc) is 2.66. The summed E-state index contributed by atoms with van der Waals surface area (Å²) in [5.74, 6) is -1.76. The molecule has 0 fully saturated rings. The number of carbonyl (C=O) groups excluding carboxylic acids is 1. The van der Waals surface area contributed by atoms with Crippen LogP contribution in [0.15, 0.2) is 42.5 Å². The number of carbonyl (C=O) groups is 2. The van der Waals surface area contributed by atoms with Crippen molar-refractivity contribution in [2.24, 2.45) is 0 Å². The quantitative estimate of drug-likeness (QED) is 0.624. The van der Waals surface area contributed by atoms with Gasteiger partial charge in [-0.3, -0.25) is 4.79 Å². The number of hydrogen-bond donors (Lipinski definition) is 2. The number of carboxylic acid groups (broad SMARTS) is 1. The monoisotopic (exact) mass is 375 g/mol. The summed E-state index contributed by atoms with van der Waals surface area (Å²) in [6, 6.07) is 10.7. The van der Waals surface area contributed by atoms with E-state index in [1.54, 1.807) is 25.3 Å². The minimum Gasteiger partial charge on any atom is -0.478 e. The Kier molecular flexibility index (Phi) is 7.91. The predicted octanol–water partition coefficient (Wildman–Crippen LogP) is 2.66. The zero-order valence-corrected chi connectivity index (χ0v) is 15.0. The SMILES string of the molecule is COCCOCc1cc(C(=O)NCCc2cccc(C(=O)O)c2)ccc1F. The highest BCUT2D eigenvalue weighted by Gasteiger charge is 2.10. The number of nitrogens with one attached hydrogen (secondary N) is 1. The first-order valence-corrected chi connectivity index (χ1v) is 8.47. The number of aromatic carboxylic acids is 1. The maximum Gasteiger partial charge on any atom is 0.335 e. The van der Waals surface area contributed by atoms with Gasteiger partial charge in [0.1, 0.15) is 5.82 Å². The van der Waals surface area contributed by atoms with Crippen LogP contribution in [0.4, 0.5) is 4.39 Å². The van der Waals surface area contributed by atoms with Gasteiger partial charge in [0, 0.05) is 24.8 Å². The second kappa shape index (κ2) is 10.4. The van der Waals surface area contributed by atoms with E-state index in [9.17, 15) is 14.0 Å². The molecular weight excluding hydrogens is 353 g/mol. The van der Waals surface area contributed by atoms with Gasteiger partial charge in [-0.05, 0) is 42.3 Å². The van der Waals surface area contributed by atoms with Gasteiger partial charge in [-0.15, -0.1) is 0 Å². The molecule has 0 radical (unpaired) electrons. The first-order valence-electron chi connectivity index (χ1n) is 8.47. The second-order valence-corrected chi connectivity index (χ2v) is 5.86. The number of amides is 1. The lowest BCUT2D eigenvalue weighted by Crippen LogP contribution is -2.26. The standard InChI is InChI=1S/C20H22FNO5/c1-26-9-10-27-13-17-12-15(5-6-18(17)21)19(23)22-8-7-14-3-2-4-16(11-14)20(24)25/h2-6,11-12H,7-10,13H2,1H3,(H,22,23)(H,24,25). The Bertz CT molecular complexity index is 794. The van der Waals surface area contributed by atoms with Crippen LogP contribution in [0.5, 0.6) is 0 Å². The van der Waals surface area contributed by atoms with Gasteiger partial charge in [0.05, 0.1) is 25.4 Å². The molecule has 27 heavy (non-hydrogen) atoms. The lowest BCUT2D eigenvalue weighted by atomic mass is 10.1. The highest BCUT2D eigenvalue weighted by Crippen LogP contribution is 2.12. The number of methoxy groups -OCH3 is 1. The van der Waals surface area contributed by atoms with Gasteiger partial charge in [0.15, 0.2) is 0 Å². The fourth-order valence-corrected chi connectivity index (χ4v) is 2.43. The summed E-state index contributed by atoms with van der Waals surface area (Å²) < 4.78 is 24.0. The highest BCUT2D eigenvalue weighted by molar-refractivity contribution is 5.94. The first kappa shape index (κ1) is 20.5. The summed E-state index contributed by atoms with van der Waals surface area (Å²) in [5.41, 5.74) is 1.64. The summed E-state index contributed by atoms with van der Waals surface area (Å²) in [6.07, 6.45) is 0.487. The fourth-order valence-electron chi connectivity index (χ4n) is 2.43. The van der Waals surface area contributed by atoms with Crippen LogP contribution in [0.2, 0.25) is 0 Å². The molecule has 0 heterocycles. The van der Waals surface area contributed by atoms with Crippen molar-refractivity contribution in [3.8, 4) is 0 Å². The molecule has 2 rings (SSSR count). The molecule has 2 N–H and O–H groups in total. The molecule has 0 unspecified atom stereocenters. The summed E-state index contributed by atoms with van der Waals surface area (Å²) in [4.78, 5) is 23.2. The van der Waals surface area contributed by atoms with E-state index in [2.05, 4.69) is 5.32 Å². The van der Waals surface area contributed by atoms with Gasteiger partial charge < -0.3 is 19.9 Å². The van der Waals surface area contributed by atoms with Crippen molar-refractivity contribution in [2.45, 2.75) is 13.0 Å². The normalized spacial score (nSPS) is 10.6. The zero-order valence-electron chi connectivity index (χ0n) is 15.0. The van der Waals surface area contributed by atoms with E-state index >= 15 is 0 Å². The van der Waals surface area contributed by atoms with Crippen LogP contribution in [-0.2, 0) is 22.5 Å². The number of hydrogen-bond acceptors (Lipinski definition) is 4. The summed E-state index contributed by atoms with van der Waals surface area (Å²) in [6.45, 7) is 1.13. The van der Waals surface area contributed by atoms with Gasteiger partial charge in [0.25, 0.3) is 5.91 Å². The molecule has 0 aliphatic carbocycles. The van der Waals surface area contributed by atoms with Crippen LogP contribution >= 0.6 is 0 Å². The zero-order chi connectivity index (χ0) is 19.6. The summed E-state index contributed by atoms with van der Waals surface area (Å²) in [7, 11) is 1.55. The van der Waals surface area contributed by atoms with Gasteiger partial charge >= 0.3 is 5.97 Å². The van der Waals surface area contributed by atoms with Crippen molar-refractivity contribution < 1.29 is 28.6 Å². The van der Waals surface area contributed by atoms with E-state index in [0.717, 1.165) is 5.56 Å². The van der Waals surface area contributed by atoms with Crippen LogP contribution < -0.4 is 5.32 Å². The van der Waals surface area contributed by atoms with E-state index in [1.807, 2.05) is 0 Å². The minimum atomic E-state index is -0.993. The maximum atomic E-state index is 13.8. The molecule has 0 atom stereocenters. The predicted molar refractivity (Wildman–Crippen MR) is 97.4 cm³/mol. The molecule has 144 valence electrons. The fraction of sp³-hybridized carbons (Fsp3) is 0.300. The third-order valence-corrected chi connectivity index (χ3v) is 3.87. The molecule has 2 aromatic rings. The Labute approximate surface area is 156 Å². The Hall–Kier alpha value is -2.77. The largest absolute Gasteiger partial charge is 0.478 e. The van der Waals surface area contributed by atoms with Crippen LogP contribution in [0.1, 0.15) is 31.8 Å². The molecule has 2 aromatic carbocycles. The van der Waals surface area contributed by atoms with Crippen LogP contribution in [0.25, 0.3) is 0 Å².